The Morgan fingerprint density at radius 2 is 2.00 bits per heavy atom. The molecule has 0 spiro atoms. The minimum atomic E-state index is -1.90. The topological polar surface area (TPSA) is 43.4 Å². The van der Waals surface area contributed by atoms with Crippen molar-refractivity contribution < 1.29 is 27.5 Å². The van der Waals surface area contributed by atoms with Crippen molar-refractivity contribution in [3.8, 4) is 0 Å². The average Bonchev–Trinajstić information content (AvgIpc) is 3.02. The quantitative estimate of drug-likeness (QED) is 0.557. The summed E-state index contributed by atoms with van der Waals surface area (Å²) in [5.41, 5.74) is -3.58. The molecule has 0 saturated heterocycles. The van der Waals surface area contributed by atoms with Crippen LogP contribution in [0.1, 0.15) is 53.4 Å². The predicted molar refractivity (Wildman–Crippen MR) is 115 cm³/mol. The van der Waals surface area contributed by atoms with Gasteiger partial charge in [0.05, 0.1) is 12.2 Å². The largest absolute Gasteiger partial charge is 0.372 e. The summed E-state index contributed by atoms with van der Waals surface area (Å²) in [7, 11) is 0. The van der Waals surface area contributed by atoms with Gasteiger partial charge in [-0.3, -0.25) is 9.59 Å². The maximum Gasteiger partial charge on any atom is 0.195 e. The molecule has 0 radical (unpaired) electrons. The summed E-state index contributed by atoms with van der Waals surface area (Å²) in [5.74, 6) is -1.58. The van der Waals surface area contributed by atoms with Gasteiger partial charge in [-0.05, 0) is 75.5 Å². The van der Waals surface area contributed by atoms with E-state index in [1.54, 1.807) is 6.92 Å². The highest BCUT2D eigenvalue weighted by Crippen LogP contribution is 2.70. The van der Waals surface area contributed by atoms with E-state index in [-0.39, 0.29) is 34.9 Å². The number of hydrogen-bond acceptors (Lipinski definition) is 4. The lowest BCUT2D eigenvalue weighted by molar-refractivity contribution is -0.225. The van der Waals surface area contributed by atoms with Crippen LogP contribution in [0.15, 0.2) is 23.8 Å². The Bertz CT molecular complexity index is 842. The van der Waals surface area contributed by atoms with Crippen LogP contribution in [0.3, 0.4) is 0 Å². The van der Waals surface area contributed by atoms with Crippen molar-refractivity contribution in [1.82, 2.24) is 0 Å². The Hall–Kier alpha value is -1.08. The van der Waals surface area contributed by atoms with Crippen molar-refractivity contribution in [2.24, 2.45) is 28.6 Å². The van der Waals surface area contributed by atoms with Crippen LogP contribution in [0, 0.1) is 28.6 Å². The van der Waals surface area contributed by atoms with Gasteiger partial charge in [0.15, 0.2) is 16.6 Å². The molecule has 4 aliphatic rings. The lowest BCUT2D eigenvalue weighted by atomic mass is 9.45. The average molecular weight is 457 g/mol. The monoisotopic (exact) mass is 456 g/mol. The molecule has 0 aromatic rings. The van der Waals surface area contributed by atoms with Gasteiger partial charge >= 0.3 is 0 Å². The Kier molecular flexibility index (Phi) is 5.78. The lowest BCUT2D eigenvalue weighted by Crippen LogP contribution is -2.69. The molecule has 4 rings (SSSR count). The second-order valence-corrected chi connectivity index (χ2v) is 11.2. The number of rotatable bonds is 4. The first-order valence-electron chi connectivity index (χ1n) is 11.1. The van der Waals surface area contributed by atoms with Gasteiger partial charge in [-0.2, -0.15) is 0 Å². The van der Waals surface area contributed by atoms with E-state index in [0.717, 1.165) is 0 Å². The molecular formula is C24H31F3O3S. The van der Waals surface area contributed by atoms with E-state index in [9.17, 15) is 14.0 Å². The standard InChI is InChI=1S/C24H31F3O3S/c1-13(2)30-20-11-22(3)15(5-6-16(22)21(29)31-12-25)17-10-19(26)18-9-14(28)7-8-23(18,4)24(17,20)27/h7-9,13,15-17,19-20H,5-6,10-12H2,1-4H3/t15?,16?,17?,19-,20?,22?,23?,24-/m0/s1. The van der Waals surface area contributed by atoms with Gasteiger partial charge in [0.2, 0.25) is 0 Å². The molecule has 0 aromatic carbocycles. The van der Waals surface area contributed by atoms with Gasteiger partial charge in [0, 0.05) is 17.3 Å². The van der Waals surface area contributed by atoms with Gasteiger partial charge < -0.3 is 4.74 Å². The number of allylic oxidation sites excluding steroid dienone is 4. The molecule has 0 bridgehead atoms. The third kappa shape index (κ3) is 3.20. The zero-order valence-electron chi connectivity index (χ0n) is 18.5. The number of thioether (sulfide) groups is 1. The molecule has 0 aliphatic heterocycles. The van der Waals surface area contributed by atoms with Crippen LogP contribution in [0.5, 0.6) is 0 Å². The van der Waals surface area contributed by atoms with E-state index in [1.165, 1.54) is 18.2 Å². The maximum atomic E-state index is 17.5. The van der Waals surface area contributed by atoms with Crippen LogP contribution >= 0.6 is 11.8 Å². The molecule has 4 aliphatic carbocycles. The molecule has 0 aromatic heterocycles. The molecule has 31 heavy (non-hydrogen) atoms. The van der Waals surface area contributed by atoms with Crippen LogP contribution in [-0.4, -0.2) is 41.0 Å². The highest BCUT2D eigenvalue weighted by molar-refractivity contribution is 8.13. The molecule has 172 valence electrons. The number of fused-ring (bicyclic) bond motifs is 5. The number of carbonyl (C=O) groups excluding carboxylic acids is 2. The van der Waals surface area contributed by atoms with E-state index < -0.39 is 46.6 Å². The summed E-state index contributed by atoms with van der Waals surface area (Å²) in [5, 5.41) is -0.204. The van der Waals surface area contributed by atoms with Crippen molar-refractivity contribution in [2.45, 2.75) is 77.4 Å². The highest BCUT2D eigenvalue weighted by Gasteiger charge is 2.72. The van der Waals surface area contributed by atoms with Crippen LogP contribution in [0.4, 0.5) is 13.2 Å². The summed E-state index contributed by atoms with van der Waals surface area (Å²) in [6.07, 6.45) is 3.00. The molecule has 3 nitrogen and oxygen atoms in total. The Balaban J connectivity index is 1.83. The molecule has 0 N–H and O–H groups in total. The summed E-state index contributed by atoms with van der Waals surface area (Å²) in [6.45, 7) is 7.33. The Morgan fingerprint density at radius 3 is 2.65 bits per heavy atom. The van der Waals surface area contributed by atoms with E-state index >= 15 is 8.78 Å². The van der Waals surface area contributed by atoms with Crippen LogP contribution in [-0.2, 0) is 14.3 Å². The van der Waals surface area contributed by atoms with Crippen molar-refractivity contribution in [2.75, 3.05) is 6.01 Å². The third-order valence-corrected chi connectivity index (χ3v) is 9.20. The maximum absolute atomic E-state index is 17.5. The van der Waals surface area contributed by atoms with Crippen LogP contribution in [0.25, 0.3) is 0 Å². The SMILES string of the molecule is CC(C)OC1CC2(C)C(C(=O)SCF)CCC2C2C[C@H](F)C3=CC(=O)C=CC3(C)[C@@]12F. The molecule has 3 fully saturated rings. The summed E-state index contributed by atoms with van der Waals surface area (Å²) in [4.78, 5) is 24.7. The van der Waals surface area contributed by atoms with Crippen LogP contribution in [0.2, 0.25) is 0 Å². The van der Waals surface area contributed by atoms with E-state index in [4.69, 9.17) is 4.74 Å². The molecule has 7 heteroatoms. The molecule has 0 amide bonds. The Labute approximate surface area is 186 Å². The van der Waals surface area contributed by atoms with Gasteiger partial charge in [0.1, 0.15) is 12.2 Å². The zero-order valence-corrected chi connectivity index (χ0v) is 19.3. The zero-order chi connectivity index (χ0) is 22.8. The van der Waals surface area contributed by atoms with E-state index in [1.807, 2.05) is 20.8 Å². The second kappa shape index (κ2) is 7.75. The fourth-order valence-corrected chi connectivity index (χ4v) is 7.88. The van der Waals surface area contributed by atoms with Gasteiger partial charge in [-0.15, -0.1) is 0 Å². The number of ether oxygens (including phenoxy) is 1. The van der Waals surface area contributed by atoms with Gasteiger partial charge in [-0.1, -0.05) is 24.8 Å². The minimum absolute atomic E-state index is 0.0333. The molecule has 0 heterocycles. The third-order valence-electron chi connectivity index (χ3n) is 8.52. The summed E-state index contributed by atoms with van der Waals surface area (Å²) >= 11 is 0.673. The summed E-state index contributed by atoms with van der Waals surface area (Å²) in [6, 6.07) is -0.782. The molecular weight excluding hydrogens is 425 g/mol. The van der Waals surface area contributed by atoms with Crippen molar-refractivity contribution >= 4 is 22.7 Å². The van der Waals surface area contributed by atoms with Crippen molar-refractivity contribution in [3.05, 3.63) is 23.8 Å². The number of ketones is 1. The van der Waals surface area contributed by atoms with Crippen molar-refractivity contribution in [3.63, 3.8) is 0 Å². The first-order valence-corrected chi connectivity index (χ1v) is 12.1. The smallest absolute Gasteiger partial charge is 0.195 e. The first kappa shape index (κ1) is 23.1. The van der Waals surface area contributed by atoms with Crippen molar-refractivity contribution in [1.29, 1.82) is 0 Å². The number of carbonyl (C=O) groups is 2. The number of halogens is 3. The Morgan fingerprint density at radius 1 is 1.29 bits per heavy atom. The number of hydrogen-bond donors (Lipinski definition) is 0. The van der Waals surface area contributed by atoms with Gasteiger partial charge in [0.25, 0.3) is 0 Å². The van der Waals surface area contributed by atoms with Crippen LogP contribution < -0.4 is 0 Å². The first-order chi connectivity index (χ1) is 14.5. The summed E-state index contributed by atoms with van der Waals surface area (Å²) < 4.78 is 52.0. The fourth-order valence-electron chi connectivity index (χ4n) is 7.18. The normalized spacial score (nSPS) is 46.4. The van der Waals surface area contributed by atoms with Gasteiger partial charge in [-0.25, -0.2) is 13.2 Å². The molecule has 8 atom stereocenters. The molecule has 6 unspecified atom stereocenters. The minimum Gasteiger partial charge on any atom is -0.372 e. The van der Waals surface area contributed by atoms with E-state index in [2.05, 4.69) is 0 Å². The fraction of sp³-hybridized carbons (Fsp3) is 0.750. The number of alkyl halides is 3. The molecule has 3 saturated carbocycles. The predicted octanol–water partition coefficient (Wildman–Crippen LogP) is 5.54. The van der Waals surface area contributed by atoms with E-state index in [0.29, 0.717) is 31.0 Å². The second-order valence-electron chi connectivity index (χ2n) is 10.3. The lowest BCUT2D eigenvalue weighted by Gasteiger charge is -2.63. The highest BCUT2D eigenvalue weighted by atomic mass is 32.2.